The molecule has 0 radical (unpaired) electrons. The second-order valence-corrected chi connectivity index (χ2v) is 13.1. The van der Waals surface area contributed by atoms with Gasteiger partial charge in [-0.15, -0.1) is 0 Å². The number of carbonyl (C=O) groups excluding carboxylic acids is 1. The van der Waals surface area contributed by atoms with Crippen LogP contribution in [0.4, 0.5) is 0 Å². The first kappa shape index (κ1) is 29.8. The number of aromatic nitrogens is 2. The molecule has 10 nitrogen and oxygen atoms in total. The molecule has 1 aromatic carbocycles. The summed E-state index contributed by atoms with van der Waals surface area (Å²) in [6.07, 6.45) is 12.7. The number of fused-ring (bicyclic) bond motifs is 5. The summed E-state index contributed by atoms with van der Waals surface area (Å²) in [5.41, 5.74) is 0.945. The van der Waals surface area contributed by atoms with Gasteiger partial charge in [-0.2, -0.15) is 0 Å². The minimum Gasteiger partial charge on any atom is -0.477 e. The van der Waals surface area contributed by atoms with Crippen molar-refractivity contribution in [3.63, 3.8) is 0 Å². The molecule has 1 N–H and O–H groups in total. The smallest absolute Gasteiger partial charge is 0.350 e. The highest BCUT2D eigenvalue weighted by Gasteiger charge is 2.46. The van der Waals surface area contributed by atoms with E-state index in [1.807, 2.05) is 42.7 Å². The number of piperidine rings is 2. The van der Waals surface area contributed by atoms with E-state index >= 15 is 0 Å². The second kappa shape index (κ2) is 12.8. The average Bonchev–Trinajstić information content (AvgIpc) is 2.99. The van der Waals surface area contributed by atoms with Crippen LogP contribution in [0.15, 0.2) is 34.2 Å². The summed E-state index contributed by atoms with van der Waals surface area (Å²) in [7, 11) is 0. The molecule has 4 bridgehead atoms. The molecule has 2 saturated heterocycles. The van der Waals surface area contributed by atoms with Crippen LogP contribution in [0.1, 0.15) is 102 Å². The van der Waals surface area contributed by atoms with Crippen LogP contribution in [-0.2, 0) is 14.4 Å². The van der Waals surface area contributed by atoms with E-state index in [-0.39, 0.29) is 17.3 Å². The van der Waals surface area contributed by atoms with Gasteiger partial charge in [0.1, 0.15) is 0 Å². The van der Waals surface area contributed by atoms with Gasteiger partial charge in [-0.05, 0) is 82.8 Å². The van der Waals surface area contributed by atoms with E-state index in [1.54, 1.807) is 4.90 Å². The number of carboxylic acids is 1. The summed E-state index contributed by atoms with van der Waals surface area (Å²) in [4.78, 5) is 53.7. The summed E-state index contributed by atoms with van der Waals surface area (Å²) >= 11 is 0. The van der Waals surface area contributed by atoms with E-state index in [0.717, 1.165) is 43.0 Å². The van der Waals surface area contributed by atoms with Crippen molar-refractivity contribution in [3.05, 3.63) is 40.3 Å². The third kappa shape index (κ3) is 5.95. The fourth-order valence-corrected chi connectivity index (χ4v) is 8.89. The van der Waals surface area contributed by atoms with Crippen molar-refractivity contribution in [2.45, 2.75) is 115 Å². The Morgan fingerprint density at radius 1 is 0.977 bits per heavy atom. The van der Waals surface area contributed by atoms with Crippen LogP contribution < -0.4 is 5.56 Å². The number of benzene rings is 1. The first-order valence-corrected chi connectivity index (χ1v) is 16.4. The van der Waals surface area contributed by atoms with Gasteiger partial charge in [0.15, 0.2) is 11.9 Å². The highest BCUT2D eigenvalue weighted by molar-refractivity contribution is 6.21. The zero-order valence-electron chi connectivity index (χ0n) is 25.4. The maximum atomic E-state index is 14.4. The number of hydrogen-bond donors (Lipinski definition) is 1. The standard InChI is InChI=1S/C33H45N5O5/c1-3-36(4-2)33(42)31(43-34-20-29(39)40)30-32(41)38(28-14-6-5-13-27(28)35-30)26-18-23-11-8-12-24(19-26)37(23)25-16-21-9-7-10-22(15-21)17-25/h5-6,13-14,20-26,31H,3-4,7-12,15-19H2,1-2H3,(H,39,40)/b34-20+/t21?,22?,23-,24?,25?,26?,31?/m1/s1. The number of amides is 1. The van der Waals surface area contributed by atoms with Crippen LogP contribution in [0.25, 0.3) is 11.0 Å². The zero-order chi connectivity index (χ0) is 30.1. The van der Waals surface area contributed by atoms with Gasteiger partial charge in [0.25, 0.3) is 17.6 Å². The maximum Gasteiger partial charge on any atom is 0.350 e. The number of hydrogen-bond acceptors (Lipinski definition) is 7. The molecule has 2 aromatic rings. The summed E-state index contributed by atoms with van der Waals surface area (Å²) in [6, 6.07) is 9.08. The maximum absolute atomic E-state index is 14.4. The van der Waals surface area contributed by atoms with Gasteiger partial charge in [0, 0.05) is 37.3 Å². The molecule has 232 valence electrons. The monoisotopic (exact) mass is 591 g/mol. The lowest BCUT2D eigenvalue weighted by Crippen LogP contribution is -2.58. The van der Waals surface area contributed by atoms with Crippen LogP contribution in [0.2, 0.25) is 0 Å². The number of oxime groups is 1. The number of likely N-dealkylation sites (N-methyl/N-ethyl adjacent to an activating group) is 1. The Hall–Kier alpha value is -3.27. The van der Waals surface area contributed by atoms with Crippen molar-refractivity contribution < 1.29 is 19.5 Å². The number of aliphatic carboxylic acids is 1. The number of carboxylic acid groups (broad SMARTS) is 1. The molecular weight excluding hydrogens is 546 g/mol. The van der Waals surface area contributed by atoms with Crippen LogP contribution >= 0.6 is 0 Å². The molecule has 43 heavy (non-hydrogen) atoms. The summed E-state index contributed by atoms with van der Waals surface area (Å²) in [5.74, 6) is -0.0324. The van der Waals surface area contributed by atoms with E-state index in [4.69, 9.17) is 9.94 Å². The van der Waals surface area contributed by atoms with E-state index in [1.165, 1.54) is 44.9 Å². The summed E-state index contributed by atoms with van der Waals surface area (Å²) in [5, 5.41) is 12.6. The number of nitrogens with zero attached hydrogens (tertiary/aromatic N) is 5. The normalized spacial score (nSPS) is 29.8. The number of carbonyl (C=O) groups is 2. The molecule has 2 aliphatic carbocycles. The highest BCUT2D eigenvalue weighted by Crippen LogP contribution is 2.47. The molecule has 6 rings (SSSR count). The van der Waals surface area contributed by atoms with E-state index < -0.39 is 18.0 Å². The first-order valence-electron chi connectivity index (χ1n) is 16.4. The molecule has 10 heteroatoms. The van der Waals surface area contributed by atoms with E-state index in [9.17, 15) is 14.4 Å². The van der Waals surface area contributed by atoms with E-state index in [0.29, 0.717) is 42.9 Å². The van der Waals surface area contributed by atoms with Crippen molar-refractivity contribution in [2.24, 2.45) is 17.0 Å². The van der Waals surface area contributed by atoms with Crippen molar-refractivity contribution in [1.82, 2.24) is 19.4 Å². The van der Waals surface area contributed by atoms with Gasteiger partial charge >= 0.3 is 5.97 Å². The molecule has 1 aromatic heterocycles. The molecule has 6 atom stereocenters. The van der Waals surface area contributed by atoms with Crippen LogP contribution in [0, 0.1) is 11.8 Å². The Kier molecular flexibility index (Phi) is 8.84. The van der Waals surface area contributed by atoms with Crippen LogP contribution in [0.5, 0.6) is 0 Å². The Morgan fingerprint density at radius 3 is 2.28 bits per heavy atom. The Morgan fingerprint density at radius 2 is 1.63 bits per heavy atom. The van der Waals surface area contributed by atoms with Crippen LogP contribution in [-0.4, -0.2) is 73.8 Å². The Bertz CT molecular complexity index is 1390. The Labute approximate surface area is 253 Å². The highest BCUT2D eigenvalue weighted by atomic mass is 16.6. The molecule has 2 saturated carbocycles. The van der Waals surface area contributed by atoms with Gasteiger partial charge in [-0.3, -0.25) is 14.5 Å². The third-order valence-electron chi connectivity index (χ3n) is 10.6. The Balaban J connectivity index is 1.37. The van der Waals surface area contributed by atoms with Gasteiger partial charge < -0.3 is 19.4 Å². The first-order chi connectivity index (χ1) is 20.9. The quantitative estimate of drug-likeness (QED) is 0.325. The van der Waals surface area contributed by atoms with Gasteiger partial charge in [-0.1, -0.05) is 43.0 Å². The topological polar surface area (TPSA) is 117 Å². The van der Waals surface area contributed by atoms with Crippen LogP contribution in [0.3, 0.4) is 0 Å². The van der Waals surface area contributed by atoms with Crippen molar-refractivity contribution >= 4 is 29.1 Å². The summed E-state index contributed by atoms with van der Waals surface area (Å²) in [6.45, 7) is 4.50. The minimum atomic E-state index is -1.44. The van der Waals surface area contributed by atoms with Gasteiger partial charge in [-0.25, -0.2) is 9.78 Å². The molecule has 2 aliphatic heterocycles. The predicted molar refractivity (Wildman–Crippen MR) is 164 cm³/mol. The van der Waals surface area contributed by atoms with Crippen molar-refractivity contribution in [2.75, 3.05) is 13.1 Å². The zero-order valence-corrected chi connectivity index (χ0v) is 25.4. The second-order valence-electron chi connectivity index (χ2n) is 13.1. The molecular formula is C33H45N5O5. The number of rotatable bonds is 9. The molecule has 4 aliphatic rings. The lowest BCUT2D eigenvalue weighted by atomic mass is 9.68. The molecule has 4 fully saturated rings. The fourth-order valence-electron chi connectivity index (χ4n) is 8.89. The van der Waals surface area contributed by atoms with Gasteiger partial charge in [0.05, 0.1) is 11.0 Å². The predicted octanol–water partition coefficient (Wildman–Crippen LogP) is 4.92. The summed E-state index contributed by atoms with van der Waals surface area (Å²) < 4.78 is 1.86. The third-order valence-corrected chi connectivity index (χ3v) is 10.6. The lowest BCUT2D eigenvalue weighted by Gasteiger charge is -2.55. The number of para-hydroxylation sites is 2. The lowest BCUT2D eigenvalue weighted by molar-refractivity contribution is -0.144. The van der Waals surface area contributed by atoms with Gasteiger partial charge in [0.2, 0.25) is 0 Å². The molecule has 1 amide bonds. The average molecular weight is 592 g/mol. The largest absolute Gasteiger partial charge is 0.477 e. The molecule has 3 heterocycles. The fraction of sp³-hybridized carbons (Fsp3) is 0.667. The van der Waals surface area contributed by atoms with E-state index in [2.05, 4.69) is 15.0 Å². The molecule has 0 spiro atoms. The SMILES string of the molecule is CCN(CC)C(=O)C(O/N=C/C(=O)O)c1nc2ccccc2n(C2CC3CCC[C@H](C2)N3C2CC3CCCC(C3)C2)c1=O. The molecule has 5 unspecified atom stereocenters. The van der Waals surface area contributed by atoms with Crippen molar-refractivity contribution in [3.8, 4) is 0 Å². The van der Waals surface area contributed by atoms with Crippen molar-refractivity contribution in [1.29, 1.82) is 0 Å². The minimum absolute atomic E-state index is 0.0273.